The van der Waals surface area contributed by atoms with Crippen molar-refractivity contribution in [2.45, 2.75) is 58.0 Å². The summed E-state index contributed by atoms with van der Waals surface area (Å²) in [6, 6.07) is 1.74. The van der Waals surface area contributed by atoms with Gasteiger partial charge in [0.25, 0.3) is 0 Å². The molecule has 8 heteroatoms. The van der Waals surface area contributed by atoms with Crippen LogP contribution < -0.4 is 10.6 Å². The van der Waals surface area contributed by atoms with E-state index in [1.165, 1.54) is 12.7 Å². The Morgan fingerprint density at radius 1 is 1.24 bits per heavy atom. The van der Waals surface area contributed by atoms with Crippen LogP contribution in [0.1, 0.15) is 46.0 Å². The topological polar surface area (TPSA) is 95.7 Å². The second kappa shape index (κ2) is 8.16. The summed E-state index contributed by atoms with van der Waals surface area (Å²) in [7, 11) is 0. The fraction of sp³-hybridized carbons (Fsp3) is 0.714. The van der Waals surface area contributed by atoms with Crippen LogP contribution >= 0.6 is 0 Å². The number of nitrogens with two attached hydrogens (primary N) is 1. The second-order valence-corrected chi connectivity index (χ2v) is 9.06. The molecule has 2 amide bonds. The smallest absolute Gasteiger partial charge is 0.242 e. The average molecular weight is 401 g/mol. The molecular weight excluding hydrogens is 368 g/mol. The van der Waals surface area contributed by atoms with Crippen molar-refractivity contribution in [1.82, 2.24) is 19.8 Å². The molecule has 3 atom stereocenters. The number of piperidine rings is 1. The van der Waals surface area contributed by atoms with E-state index in [0.717, 1.165) is 38.8 Å². The number of nitrogen functional groups attached to an aromatic ring is 1. The number of piperazine rings is 1. The van der Waals surface area contributed by atoms with Crippen molar-refractivity contribution in [3.8, 4) is 0 Å². The summed E-state index contributed by atoms with van der Waals surface area (Å²) in [6.07, 6.45) is 6.40. The van der Waals surface area contributed by atoms with Gasteiger partial charge in [-0.2, -0.15) is 0 Å². The van der Waals surface area contributed by atoms with Crippen LogP contribution in [0.3, 0.4) is 0 Å². The first-order valence-corrected chi connectivity index (χ1v) is 10.9. The number of hydrogen-bond acceptors (Lipinski definition) is 6. The van der Waals surface area contributed by atoms with Crippen LogP contribution in [0, 0.1) is 11.8 Å². The van der Waals surface area contributed by atoms with Crippen molar-refractivity contribution >= 4 is 23.5 Å². The molecule has 3 saturated heterocycles. The third-order valence-electron chi connectivity index (χ3n) is 6.48. The van der Waals surface area contributed by atoms with Gasteiger partial charge in [0.1, 0.15) is 18.0 Å². The third kappa shape index (κ3) is 4.02. The normalized spacial score (nSPS) is 27.5. The van der Waals surface area contributed by atoms with Crippen LogP contribution in [0.4, 0.5) is 11.6 Å². The number of anilines is 2. The van der Waals surface area contributed by atoms with Gasteiger partial charge in [0.05, 0.1) is 18.5 Å². The number of likely N-dealkylation sites (tertiary alicyclic amines) is 1. The number of aromatic nitrogens is 2. The first-order chi connectivity index (χ1) is 13.9. The van der Waals surface area contributed by atoms with Gasteiger partial charge in [0, 0.05) is 31.7 Å². The molecule has 4 heterocycles. The standard InChI is InChI=1S/C21H32N6O2/c1-14(2)8-17-16(21(29)25-6-4-3-5-7-25)9-15-11-26(12-20(28)27(15)17)19-10-18(22)23-13-24-19/h10,13-17H,3-9,11-12H2,1-2H3,(H2,22,23,24)/t15-,16-,17-/m1/s1. The zero-order chi connectivity index (χ0) is 20.5. The van der Waals surface area contributed by atoms with E-state index in [4.69, 9.17) is 5.73 Å². The molecule has 0 aliphatic carbocycles. The minimum atomic E-state index is -0.0973. The van der Waals surface area contributed by atoms with E-state index in [1.807, 2.05) is 14.7 Å². The minimum absolute atomic E-state index is 0.000421. The molecule has 29 heavy (non-hydrogen) atoms. The van der Waals surface area contributed by atoms with E-state index < -0.39 is 0 Å². The van der Waals surface area contributed by atoms with Crippen molar-refractivity contribution < 1.29 is 9.59 Å². The Morgan fingerprint density at radius 3 is 2.69 bits per heavy atom. The predicted octanol–water partition coefficient (Wildman–Crippen LogP) is 1.52. The maximum Gasteiger partial charge on any atom is 0.242 e. The van der Waals surface area contributed by atoms with Gasteiger partial charge >= 0.3 is 0 Å². The summed E-state index contributed by atoms with van der Waals surface area (Å²) in [5.41, 5.74) is 5.80. The summed E-state index contributed by atoms with van der Waals surface area (Å²) < 4.78 is 0. The largest absolute Gasteiger partial charge is 0.384 e. The van der Waals surface area contributed by atoms with Crippen molar-refractivity contribution in [2.75, 3.05) is 36.8 Å². The van der Waals surface area contributed by atoms with Crippen molar-refractivity contribution in [3.05, 3.63) is 12.4 Å². The van der Waals surface area contributed by atoms with Gasteiger partial charge in [-0.15, -0.1) is 0 Å². The highest BCUT2D eigenvalue weighted by molar-refractivity contribution is 5.87. The van der Waals surface area contributed by atoms with Gasteiger partial charge in [-0.05, 0) is 38.0 Å². The molecule has 1 aromatic rings. The molecule has 0 radical (unpaired) electrons. The number of hydrogen-bond donors (Lipinski definition) is 1. The molecular formula is C21H32N6O2. The highest BCUT2D eigenvalue weighted by atomic mass is 16.2. The minimum Gasteiger partial charge on any atom is -0.384 e. The highest BCUT2D eigenvalue weighted by Crippen LogP contribution is 2.38. The van der Waals surface area contributed by atoms with Gasteiger partial charge in [-0.25, -0.2) is 9.97 Å². The number of carbonyl (C=O) groups excluding carboxylic acids is 2. The van der Waals surface area contributed by atoms with Crippen molar-refractivity contribution in [2.24, 2.45) is 11.8 Å². The molecule has 1 aromatic heterocycles. The molecule has 0 unspecified atom stereocenters. The van der Waals surface area contributed by atoms with E-state index in [9.17, 15) is 9.59 Å². The summed E-state index contributed by atoms with van der Waals surface area (Å²) in [5.74, 6) is 1.74. The Hall–Kier alpha value is -2.38. The average Bonchev–Trinajstić information content (AvgIpc) is 3.06. The Kier molecular flexibility index (Phi) is 5.61. The summed E-state index contributed by atoms with van der Waals surface area (Å²) in [4.78, 5) is 40.8. The zero-order valence-electron chi connectivity index (χ0n) is 17.5. The molecule has 2 N–H and O–H groups in total. The number of amides is 2. The van der Waals surface area contributed by atoms with E-state index in [0.29, 0.717) is 24.1 Å². The lowest BCUT2D eigenvalue weighted by atomic mass is 9.90. The van der Waals surface area contributed by atoms with Gasteiger partial charge in [0.2, 0.25) is 11.8 Å². The van der Waals surface area contributed by atoms with Gasteiger partial charge in [-0.3, -0.25) is 9.59 Å². The van der Waals surface area contributed by atoms with Crippen molar-refractivity contribution in [1.29, 1.82) is 0 Å². The van der Waals surface area contributed by atoms with E-state index in [1.54, 1.807) is 6.07 Å². The molecule has 0 bridgehead atoms. The summed E-state index contributed by atoms with van der Waals surface area (Å²) in [5, 5.41) is 0. The van der Waals surface area contributed by atoms with Crippen LogP contribution in [0.2, 0.25) is 0 Å². The number of nitrogens with zero attached hydrogens (tertiary/aromatic N) is 5. The van der Waals surface area contributed by atoms with E-state index in [-0.39, 0.29) is 36.4 Å². The molecule has 3 aliphatic heterocycles. The molecule has 0 saturated carbocycles. The molecule has 0 aromatic carbocycles. The summed E-state index contributed by atoms with van der Waals surface area (Å²) >= 11 is 0. The lowest BCUT2D eigenvalue weighted by Crippen LogP contribution is -2.57. The monoisotopic (exact) mass is 400 g/mol. The van der Waals surface area contributed by atoms with Crippen LogP contribution in [-0.4, -0.2) is 69.8 Å². The highest BCUT2D eigenvalue weighted by Gasteiger charge is 2.50. The lowest BCUT2D eigenvalue weighted by Gasteiger charge is -2.41. The van der Waals surface area contributed by atoms with E-state index in [2.05, 4.69) is 23.8 Å². The van der Waals surface area contributed by atoms with Gasteiger partial charge < -0.3 is 20.4 Å². The fourth-order valence-corrected chi connectivity index (χ4v) is 5.23. The second-order valence-electron chi connectivity index (χ2n) is 9.06. The third-order valence-corrected chi connectivity index (χ3v) is 6.48. The Bertz CT molecular complexity index is 763. The van der Waals surface area contributed by atoms with Gasteiger partial charge in [-0.1, -0.05) is 13.8 Å². The van der Waals surface area contributed by atoms with Gasteiger partial charge in [0.15, 0.2) is 0 Å². The molecule has 3 aliphatic rings. The first-order valence-electron chi connectivity index (χ1n) is 10.9. The Morgan fingerprint density at radius 2 is 2.00 bits per heavy atom. The Balaban J connectivity index is 1.56. The molecule has 4 rings (SSSR count). The quantitative estimate of drug-likeness (QED) is 0.823. The summed E-state index contributed by atoms with van der Waals surface area (Å²) in [6.45, 7) is 7.00. The first kappa shape index (κ1) is 19.9. The lowest BCUT2D eigenvalue weighted by molar-refractivity contribution is -0.139. The maximum absolute atomic E-state index is 13.4. The number of fused-ring (bicyclic) bond motifs is 1. The van der Waals surface area contributed by atoms with E-state index >= 15 is 0 Å². The van der Waals surface area contributed by atoms with Crippen LogP contribution in [0.15, 0.2) is 12.4 Å². The molecule has 8 nitrogen and oxygen atoms in total. The Labute approximate surface area is 172 Å². The number of rotatable bonds is 4. The van der Waals surface area contributed by atoms with Crippen LogP contribution in [-0.2, 0) is 9.59 Å². The molecule has 3 fully saturated rings. The number of carbonyl (C=O) groups is 2. The fourth-order valence-electron chi connectivity index (χ4n) is 5.23. The SMILES string of the molecule is CC(C)C[C@@H]1[C@H](C(=O)N2CCCCC2)C[C@@H]2CN(c3cc(N)ncn3)CC(=O)N21. The van der Waals surface area contributed by atoms with Crippen LogP contribution in [0.25, 0.3) is 0 Å². The predicted molar refractivity (Wildman–Crippen MR) is 111 cm³/mol. The van der Waals surface area contributed by atoms with Crippen molar-refractivity contribution in [3.63, 3.8) is 0 Å². The zero-order valence-corrected chi connectivity index (χ0v) is 17.5. The van der Waals surface area contributed by atoms with Crippen LogP contribution in [0.5, 0.6) is 0 Å². The molecule has 0 spiro atoms. The molecule has 158 valence electrons. The maximum atomic E-state index is 13.4.